The van der Waals surface area contributed by atoms with Crippen molar-refractivity contribution < 1.29 is 36.7 Å². The number of benzene rings is 2. The highest BCUT2D eigenvalue weighted by atomic mass is 127. The van der Waals surface area contributed by atoms with Crippen molar-refractivity contribution in [3.05, 3.63) is 88.1 Å². The molecule has 208 valence electrons. The van der Waals surface area contributed by atoms with Gasteiger partial charge in [-0.3, -0.25) is 4.90 Å². The second kappa shape index (κ2) is 10.9. The van der Waals surface area contributed by atoms with Gasteiger partial charge in [0.2, 0.25) is 0 Å². The van der Waals surface area contributed by atoms with E-state index in [9.17, 15) is 28.0 Å². The third-order valence-corrected chi connectivity index (χ3v) is 7.87. The summed E-state index contributed by atoms with van der Waals surface area (Å²) in [5.74, 6) is -1.89. The zero-order valence-electron chi connectivity index (χ0n) is 21.6. The Kier molecular flexibility index (Phi) is 7.89. The fourth-order valence-corrected chi connectivity index (χ4v) is 5.95. The summed E-state index contributed by atoms with van der Waals surface area (Å²) < 4.78 is 55.8. The average molecular weight is 665 g/mol. The standard InChI is InChI=1S/C28H23F3IN3O5/c1-4-38-25(36)22-15(3)35(19-8-6-7-18(13-19)28(29,30)31)24(34)23(26(37)39-5-2)27(22,32)21-12-17-11-16(14-33)9-10-20(17)40-21/h6-13H,4-5,34H2,1-3H3. The van der Waals surface area contributed by atoms with Crippen LogP contribution in [-0.2, 0) is 28.7 Å². The van der Waals surface area contributed by atoms with E-state index in [0.29, 0.717) is 16.5 Å². The summed E-state index contributed by atoms with van der Waals surface area (Å²) in [4.78, 5) is 28.3. The number of nitrogens with two attached hydrogens (primary N) is 1. The molecule has 0 bridgehead atoms. The number of rotatable bonds is 6. The number of nitrogens with zero attached hydrogens (tertiary/aromatic N) is 2. The highest BCUT2D eigenvalue weighted by molar-refractivity contribution is 14.1. The lowest BCUT2D eigenvalue weighted by Crippen LogP contribution is -2.45. The number of furan rings is 1. The monoisotopic (exact) mass is 665 g/mol. The fraction of sp³-hybridized carbons (Fsp3) is 0.250. The lowest BCUT2D eigenvalue weighted by molar-refractivity contribution is -0.140. The Morgan fingerprint density at radius 3 is 2.33 bits per heavy atom. The molecule has 3 aromatic rings. The van der Waals surface area contributed by atoms with Gasteiger partial charge in [-0.2, -0.15) is 18.4 Å². The van der Waals surface area contributed by atoms with Crippen molar-refractivity contribution in [1.82, 2.24) is 0 Å². The van der Waals surface area contributed by atoms with Crippen LogP contribution in [-0.4, -0.2) is 25.2 Å². The van der Waals surface area contributed by atoms with Crippen molar-refractivity contribution in [1.29, 1.82) is 5.26 Å². The van der Waals surface area contributed by atoms with Gasteiger partial charge in [-0.25, -0.2) is 9.59 Å². The summed E-state index contributed by atoms with van der Waals surface area (Å²) in [6.07, 6.45) is -4.65. The van der Waals surface area contributed by atoms with Gasteiger partial charge in [-0.15, -0.1) is 0 Å². The van der Waals surface area contributed by atoms with Crippen molar-refractivity contribution in [2.75, 3.05) is 18.1 Å². The van der Waals surface area contributed by atoms with E-state index in [-0.39, 0.29) is 47.3 Å². The maximum absolute atomic E-state index is 13.6. The van der Waals surface area contributed by atoms with Gasteiger partial charge in [0.05, 0.1) is 36.0 Å². The molecule has 0 radical (unpaired) electrons. The molecule has 1 aliphatic rings. The lowest BCUT2D eigenvalue weighted by Gasteiger charge is -2.40. The van der Waals surface area contributed by atoms with E-state index in [1.54, 1.807) is 38.1 Å². The van der Waals surface area contributed by atoms with Crippen LogP contribution in [0.4, 0.5) is 18.9 Å². The van der Waals surface area contributed by atoms with Gasteiger partial charge in [0.1, 0.15) is 26.2 Å². The van der Waals surface area contributed by atoms with Crippen molar-refractivity contribution in [3.8, 4) is 6.07 Å². The van der Waals surface area contributed by atoms with Crippen LogP contribution in [0.5, 0.6) is 0 Å². The van der Waals surface area contributed by atoms with Gasteiger partial charge < -0.3 is 19.6 Å². The molecule has 0 saturated carbocycles. The second-order valence-corrected chi connectivity index (χ2v) is 10.3. The predicted molar refractivity (Wildman–Crippen MR) is 148 cm³/mol. The van der Waals surface area contributed by atoms with Crippen molar-refractivity contribution in [2.45, 2.75) is 30.4 Å². The first-order valence-electron chi connectivity index (χ1n) is 12.0. The van der Waals surface area contributed by atoms with E-state index in [1.165, 1.54) is 24.0 Å². The number of carbonyl (C=O) groups excluding carboxylic acids is 2. The Hall–Kier alpha value is -3.99. The summed E-state index contributed by atoms with van der Waals surface area (Å²) in [7, 11) is 0. The third-order valence-electron chi connectivity index (χ3n) is 6.26. The number of fused-ring (bicyclic) bond motifs is 1. The molecule has 0 spiro atoms. The van der Waals surface area contributed by atoms with E-state index in [1.807, 2.05) is 28.7 Å². The minimum absolute atomic E-state index is 0.0223. The molecular formula is C28H23F3IN3O5. The van der Waals surface area contributed by atoms with Crippen molar-refractivity contribution in [2.24, 2.45) is 5.73 Å². The van der Waals surface area contributed by atoms with E-state index >= 15 is 0 Å². The molecule has 0 fully saturated rings. The van der Waals surface area contributed by atoms with E-state index in [4.69, 9.17) is 19.6 Å². The van der Waals surface area contributed by atoms with Crippen molar-refractivity contribution in [3.63, 3.8) is 0 Å². The predicted octanol–water partition coefficient (Wildman–Crippen LogP) is 6.04. The number of nitriles is 1. The SMILES string of the molecule is CCOC(=O)C1=C(C)N(c2cccc(C(F)(F)F)c2)C(N)=C(C(=O)OCC)C1(I)c1cc2cc(C#N)ccc2o1. The van der Waals surface area contributed by atoms with Gasteiger partial charge >= 0.3 is 18.1 Å². The molecule has 1 aliphatic heterocycles. The number of alkyl halides is 4. The number of carbonyl (C=O) groups is 2. The van der Waals surface area contributed by atoms with E-state index in [2.05, 4.69) is 0 Å². The number of hydrogen-bond donors (Lipinski definition) is 1. The number of anilines is 1. The van der Waals surface area contributed by atoms with Crippen LogP contribution in [0.25, 0.3) is 11.0 Å². The third kappa shape index (κ3) is 4.90. The molecule has 0 aliphatic carbocycles. The van der Waals surface area contributed by atoms with Crippen LogP contribution >= 0.6 is 22.6 Å². The van der Waals surface area contributed by atoms with Gasteiger partial charge in [0.25, 0.3) is 0 Å². The summed E-state index contributed by atoms with van der Waals surface area (Å²) in [5.41, 5.74) is 6.12. The molecule has 4 rings (SSSR count). The first kappa shape index (κ1) is 29.0. The van der Waals surface area contributed by atoms with Crippen LogP contribution < -0.4 is 10.6 Å². The molecule has 2 N–H and O–H groups in total. The second-order valence-electron chi connectivity index (χ2n) is 8.68. The number of esters is 2. The molecule has 1 atom stereocenters. The first-order valence-corrected chi connectivity index (χ1v) is 13.1. The number of halogens is 4. The zero-order chi connectivity index (χ0) is 29.4. The molecule has 12 heteroatoms. The van der Waals surface area contributed by atoms with E-state index in [0.717, 1.165) is 12.1 Å². The van der Waals surface area contributed by atoms with Crippen molar-refractivity contribution >= 4 is 51.2 Å². The van der Waals surface area contributed by atoms with Gasteiger partial charge in [0.15, 0.2) is 0 Å². The first-order chi connectivity index (χ1) is 18.9. The van der Waals surface area contributed by atoms with Crippen LogP contribution in [0.3, 0.4) is 0 Å². The Balaban J connectivity index is 2.08. The van der Waals surface area contributed by atoms with Gasteiger partial charge in [-0.05, 0) is 63.2 Å². The van der Waals surface area contributed by atoms with Gasteiger partial charge in [0, 0.05) is 16.8 Å². The number of hydrogen-bond acceptors (Lipinski definition) is 8. The highest BCUT2D eigenvalue weighted by Gasteiger charge is 2.54. The van der Waals surface area contributed by atoms with E-state index < -0.39 is 27.1 Å². The highest BCUT2D eigenvalue weighted by Crippen LogP contribution is 2.54. The maximum atomic E-state index is 13.6. The minimum atomic E-state index is -4.65. The Morgan fingerprint density at radius 2 is 1.73 bits per heavy atom. The quantitative estimate of drug-likeness (QED) is 0.192. The summed E-state index contributed by atoms with van der Waals surface area (Å²) in [6, 6.07) is 12.7. The Bertz CT molecular complexity index is 1580. The largest absolute Gasteiger partial charge is 0.463 e. The number of allylic oxidation sites excluding steroid dienone is 1. The van der Waals surface area contributed by atoms with Crippen LogP contribution in [0.2, 0.25) is 0 Å². The van der Waals surface area contributed by atoms with Crippen LogP contribution in [0.15, 0.2) is 75.6 Å². The van der Waals surface area contributed by atoms with Crippen LogP contribution in [0.1, 0.15) is 37.7 Å². The molecule has 1 unspecified atom stereocenters. The normalized spacial score (nSPS) is 17.7. The molecule has 2 heterocycles. The molecule has 1 aromatic heterocycles. The molecule has 8 nitrogen and oxygen atoms in total. The smallest absolute Gasteiger partial charge is 0.416 e. The van der Waals surface area contributed by atoms with Crippen LogP contribution in [0, 0.1) is 11.3 Å². The summed E-state index contributed by atoms with van der Waals surface area (Å²) in [5, 5.41) is 9.84. The summed E-state index contributed by atoms with van der Waals surface area (Å²) in [6.45, 7) is 4.59. The fourth-order valence-electron chi connectivity index (χ4n) is 4.58. The minimum Gasteiger partial charge on any atom is -0.463 e. The zero-order valence-corrected chi connectivity index (χ0v) is 23.7. The molecule has 0 amide bonds. The molecule has 0 saturated heterocycles. The maximum Gasteiger partial charge on any atom is 0.416 e. The molecule has 40 heavy (non-hydrogen) atoms. The topological polar surface area (TPSA) is 119 Å². The Labute approximate surface area is 240 Å². The number of ether oxygens (including phenoxy) is 2. The van der Waals surface area contributed by atoms with Gasteiger partial charge in [-0.1, -0.05) is 28.7 Å². The molecular weight excluding hydrogens is 642 g/mol. The Morgan fingerprint density at radius 1 is 1.07 bits per heavy atom. The average Bonchev–Trinajstić information content (AvgIpc) is 3.33. The lowest BCUT2D eigenvalue weighted by atomic mass is 9.83. The molecule has 2 aromatic carbocycles. The summed E-state index contributed by atoms with van der Waals surface area (Å²) >= 11 is 1.86.